The maximum Gasteiger partial charge on any atom is 0.311 e. The summed E-state index contributed by atoms with van der Waals surface area (Å²) in [6, 6.07) is 4.07. The van der Waals surface area contributed by atoms with E-state index in [1.807, 2.05) is 0 Å². The Morgan fingerprint density at radius 2 is 1.55 bits per heavy atom. The molecule has 0 saturated carbocycles. The highest BCUT2D eigenvalue weighted by Gasteiger charge is 2.20. The van der Waals surface area contributed by atoms with Crippen LogP contribution in [0.1, 0.15) is 44.1 Å². The molecule has 2 aromatic rings. The van der Waals surface area contributed by atoms with E-state index in [1.54, 1.807) is 6.07 Å². The predicted octanol–water partition coefficient (Wildman–Crippen LogP) is 2.91. The molecular weight excluding hydrogens is 400 g/mol. The fraction of sp³-hybridized carbons (Fsp3) is 0.500. The highest BCUT2D eigenvalue weighted by Crippen LogP contribution is 2.26. The average molecular weight is 426 g/mol. The second-order valence-corrected chi connectivity index (χ2v) is 7.73. The number of rotatable bonds is 6. The van der Waals surface area contributed by atoms with Crippen LogP contribution < -0.4 is 15.2 Å². The van der Waals surface area contributed by atoms with Gasteiger partial charge in [0.1, 0.15) is 0 Å². The molecule has 11 heteroatoms. The molecule has 2 N–H and O–H groups in total. The number of benzene rings is 1. The van der Waals surface area contributed by atoms with Crippen LogP contribution in [0.3, 0.4) is 0 Å². The zero-order valence-electron chi connectivity index (χ0n) is 17.3. The third-order valence-corrected chi connectivity index (χ3v) is 5.46. The number of anilines is 3. The van der Waals surface area contributed by atoms with Crippen molar-refractivity contribution in [3.63, 3.8) is 0 Å². The molecule has 31 heavy (non-hydrogen) atoms. The standard InChI is InChI=1S/C20H26N8O3/c29-17-8-7-15(13-16(17)28(30)31)14-21-25-18-22-19(26-9-3-1-4-10-26)24-20(23-18)27-11-5-2-6-12-27/h7-8,13-14,29H,1-6,9-12H2,(H,22,23,24,25)/b21-14+. The topological polar surface area (TPSA) is 133 Å². The molecule has 11 nitrogen and oxygen atoms in total. The van der Waals surface area contributed by atoms with Gasteiger partial charge in [-0.25, -0.2) is 5.43 Å². The lowest BCUT2D eigenvalue weighted by atomic mass is 10.1. The normalized spacial score (nSPS) is 17.2. The molecule has 2 aliphatic rings. The zero-order chi connectivity index (χ0) is 21.6. The summed E-state index contributed by atoms with van der Waals surface area (Å²) >= 11 is 0. The maximum atomic E-state index is 11.0. The second-order valence-electron chi connectivity index (χ2n) is 7.73. The number of hydrogen-bond acceptors (Lipinski definition) is 10. The zero-order valence-corrected chi connectivity index (χ0v) is 17.3. The molecule has 2 fully saturated rings. The van der Waals surface area contributed by atoms with Crippen LogP contribution >= 0.6 is 0 Å². The van der Waals surface area contributed by atoms with Gasteiger partial charge in [0.05, 0.1) is 11.1 Å². The van der Waals surface area contributed by atoms with Gasteiger partial charge < -0.3 is 14.9 Å². The van der Waals surface area contributed by atoms with Crippen molar-refractivity contribution in [2.24, 2.45) is 5.10 Å². The van der Waals surface area contributed by atoms with Gasteiger partial charge in [0.25, 0.3) is 0 Å². The summed E-state index contributed by atoms with van der Waals surface area (Å²) in [7, 11) is 0. The van der Waals surface area contributed by atoms with Crippen molar-refractivity contribution in [2.75, 3.05) is 41.4 Å². The van der Waals surface area contributed by atoms with E-state index in [9.17, 15) is 15.2 Å². The Bertz CT molecular complexity index is 919. The molecule has 0 spiro atoms. The number of hydrogen-bond donors (Lipinski definition) is 2. The lowest BCUT2D eigenvalue weighted by Crippen LogP contribution is -2.34. The average Bonchev–Trinajstić information content (AvgIpc) is 2.81. The van der Waals surface area contributed by atoms with E-state index in [1.165, 1.54) is 31.2 Å². The quantitative estimate of drug-likeness (QED) is 0.406. The summed E-state index contributed by atoms with van der Waals surface area (Å²) in [6.45, 7) is 3.68. The number of nitrogens with one attached hydrogen (secondary N) is 1. The number of aromatic nitrogens is 3. The van der Waals surface area contributed by atoms with Crippen molar-refractivity contribution in [1.29, 1.82) is 0 Å². The van der Waals surface area contributed by atoms with E-state index in [0.29, 0.717) is 23.4 Å². The Morgan fingerprint density at radius 1 is 0.968 bits per heavy atom. The second kappa shape index (κ2) is 9.54. The van der Waals surface area contributed by atoms with E-state index in [-0.39, 0.29) is 11.4 Å². The smallest absolute Gasteiger partial charge is 0.311 e. The molecule has 0 bridgehead atoms. The van der Waals surface area contributed by atoms with Crippen LogP contribution in [0.15, 0.2) is 23.3 Å². The van der Waals surface area contributed by atoms with Gasteiger partial charge in [-0.3, -0.25) is 10.1 Å². The van der Waals surface area contributed by atoms with Gasteiger partial charge in [0.15, 0.2) is 5.75 Å². The summed E-state index contributed by atoms with van der Waals surface area (Å²) in [5.41, 5.74) is 2.94. The number of nitrogens with zero attached hydrogens (tertiary/aromatic N) is 7. The predicted molar refractivity (Wildman–Crippen MR) is 118 cm³/mol. The van der Waals surface area contributed by atoms with Gasteiger partial charge >= 0.3 is 5.69 Å². The minimum Gasteiger partial charge on any atom is -0.502 e. The van der Waals surface area contributed by atoms with Crippen LogP contribution in [0.4, 0.5) is 23.5 Å². The Labute approximate surface area is 180 Å². The SMILES string of the molecule is O=[N+]([O-])c1cc(/C=N/Nc2nc(N3CCCCC3)nc(N3CCCCC3)n2)ccc1O. The van der Waals surface area contributed by atoms with E-state index < -0.39 is 4.92 Å². The molecule has 0 radical (unpaired) electrons. The van der Waals surface area contributed by atoms with Crippen LogP contribution in [0.5, 0.6) is 5.75 Å². The number of phenolic OH excluding ortho intramolecular Hbond substituents is 1. The number of hydrazone groups is 1. The van der Waals surface area contributed by atoms with Gasteiger partial charge in [-0.05, 0) is 50.7 Å². The van der Waals surface area contributed by atoms with Crippen molar-refractivity contribution in [2.45, 2.75) is 38.5 Å². The van der Waals surface area contributed by atoms with Gasteiger partial charge in [-0.15, -0.1) is 0 Å². The molecule has 164 valence electrons. The minimum atomic E-state index is -0.637. The number of piperidine rings is 2. The summed E-state index contributed by atoms with van der Waals surface area (Å²) in [5, 5.41) is 24.7. The summed E-state index contributed by atoms with van der Waals surface area (Å²) < 4.78 is 0. The number of nitro benzene ring substituents is 1. The van der Waals surface area contributed by atoms with Gasteiger partial charge in [-0.1, -0.05) is 0 Å². The van der Waals surface area contributed by atoms with Crippen LogP contribution in [0.25, 0.3) is 0 Å². The summed E-state index contributed by atoms with van der Waals surface area (Å²) in [6.07, 6.45) is 8.33. The van der Waals surface area contributed by atoms with Gasteiger partial charge in [0.2, 0.25) is 17.8 Å². The number of phenols is 1. The van der Waals surface area contributed by atoms with Crippen LogP contribution in [0, 0.1) is 10.1 Å². The Kier molecular flexibility index (Phi) is 6.39. The molecule has 4 rings (SSSR count). The highest BCUT2D eigenvalue weighted by atomic mass is 16.6. The first-order valence-electron chi connectivity index (χ1n) is 10.6. The van der Waals surface area contributed by atoms with Crippen molar-refractivity contribution in [3.05, 3.63) is 33.9 Å². The maximum absolute atomic E-state index is 11.0. The van der Waals surface area contributed by atoms with Crippen molar-refractivity contribution in [3.8, 4) is 5.75 Å². The molecule has 0 aliphatic carbocycles. The van der Waals surface area contributed by atoms with E-state index in [2.05, 4.69) is 30.3 Å². The number of aromatic hydroxyl groups is 1. The minimum absolute atomic E-state index is 0.334. The molecule has 0 unspecified atom stereocenters. The first-order valence-corrected chi connectivity index (χ1v) is 10.6. The summed E-state index contributed by atoms with van der Waals surface area (Å²) in [4.78, 5) is 28.5. The molecular formula is C20H26N8O3. The Hall–Kier alpha value is -3.50. The molecule has 2 saturated heterocycles. The molecule has 0 amide bonds. The lowest BCUT2D eigenvalue weighted by Gasteiger charge is -2.30. The van der Waals surface area contributed by atoms with Crippen molar-refractivity contribution in [1.82, 2.24) is 15.0 Å². The van der Waals surface area contributed by atoms with Gasteiger partial charge in [-0.2, -0.15) is 20.1 Å². The van der Waals surface area contributed by atoms with E-state index in [0.717, 1.165) is 51.9 Å². The molecule has 2 aliphatic heterocycles. The lowest BCUT2D eigenvalue weighted by molar-refractivity contribution is -0.385. The largest absolute Gasteiger partial charge is 0.502 e. The third kappa shape index (κ3) is 5.16. The van der Waals surface area contributed by atoms with E-state index in [4.69, 9.17) is 4.98 Å². The molecule has 3 heterocycles. The fourth-order valence-corrected chi connectivity index (χ4v) is 3.81. The third-order valence-electron chi connectivity index (χ3n) is 5.46. The van der Waals surface area contributed by atoms with Gasteiger partial charge in [0, 0.05) is 37.8 Å². The highest BCUT2D eigenvalue weighted by molar-refractivity contribution is 5.81. The van der Waals surface area contributed by atoms with Crippen LogP contribution in [-0.2, 0) is 0 Å². The Balaban J connectivity index is 1.55. The summed E-state index contributed by atoms with van der Waals surface area (Å²) in [5.74, 6) is 1.24. The Morgan fingerprint density at radius 3 is 2.10 bits per heavy atom. The first-order chi connectivity index (χ1) is 15.1. The van der Waals surface area contributed by atoms with Crippen LogP contribution in [0.2, 0.25) is 0 Å². The molecule has 0 atom stereocenters. The molecule has 1 aromatic carbocycles. The van der Waals surface area contributed by atoms with Crippen molar-refractivity contribution >= 4 is 29.7 Å². The van der Waals surface area contributed by atoms with Crippen molar-refractivity contribution < 1.29 is 10.0 Å². The number of nitro groups is 1. The monoisotopic (exact) mass is 426 g/mol. The first kappa shape index (κ1) is 20.8. The fourth-order valence-electron chi connectivity index (χ4n) is 3.81. The van der Waals surface area contributed by atoms with E-state index >= 15 is 0 Å². The van der Waals surface area contributed by atoms with Crippen LogP contribution in [-0.4, -0.2) is 57.4 Å². The molecule has 1 aromatic heterocycles.